The first-order valence-corrected chi connectivity index (χ1v) is 8.20. The largest absolute Gasteiger partial charge is 0.327 e. The highest BCUT2D eigenvalue weighted by Crippen LogP contribution is 2.26. The van der Waals surface area contributed by atoms with E-state index < -0.39 is 0 Å². The van der Waals surface area contributed by atoms with Crippen LogP contribution in [-0.2, 0) is 12.0 Å². The maximum absolute atomic E-state index is 6.13. The Labute approximate surface area is 121 Å². The summed E-state index contributed by atoms with van der Waals surface area (Å²) in [5, 5.41) is 3.44. The highest BCUT2D eigenvalue weighted by Gasteiger charge is 2.26. The molecular weight excluding hydrogens is 254 g/mol. The number of hydrogen-bond donors (Lipinski definition) is 1. The SMILES string of the molecule is CC(N)C1CCCCN1Cc1nc(C(C)(C)C)cs1. The van der Waals surface area contributed by atoms with Gasteiger partial charge in [-0.25, -0.2) is 4.98 Å². The molecule has 2 unspecified atom stereocenters. The van der Waals surface area contributed by atoms with Gasteiger partial charge in [-0.15, -0.1) is 11.3 Å². The van der Waals surface area contributed by atoms with Crippen LogP contribution in [0.1, 0.15) is 57.7 Å². The molecule has 19 heavy (non-hydrogen) atoms. The number of rotatable bonds is 3. The molecule has 2 N–H and O–H groups in total. The van der Waals surface area contributed by atoms with Crippen LogP contribution in [0.15, 0.2) is 5.38 Å². The first-order chi connectivity index (χ1) is 8.88. The predicted molar refractivity (Wildman–Crippen MR) is 82.5 cm³/mol. The summed E-state index contributed by atoms with van der Waals surface area (Å²) in [5.41, 5.74) is 7.49. The molecule has 0 spiro atoms. The van der Waals surface area contributed by atoms with E-state index in [0.29, 0.717) is 6.04 Å². The minimum Gasteiger partial charge on any atom is -0.327 e. The van der Waals surface area contributed by atoms with Crippen molar-refractivity contribution in [2.75, 3.05) is 6.54 Å². The number of aromatic nitrogens is 1. The average Bonchev–Trinajstić information content (AvgIpc) is 2.77. The zero-order valence-corrected chi connectivity index (χ0v) is 13.5. The topological polar surface area (TPSA) is 42.1 Å². The molecule has 4 heteroatoms. The first-order valence-electron chi connectivity index (χ1n) is 7.32. The van der Waals surface area contributed by atoms with E-state index in [1.54, 1.807) is 11.3 Å². The van der Waals surface area contributed by atoms with Gasteiger partial charge >= 0.3 is 0 Å². The molecule has 1 saturated heterocycles. The Morgan fingerprint density at radius 2 is 2.21 bits per heavy atom. The zero-order chi connectivity index (χ0) is 14.0. The van der Waals surface area contributed by atoms with Gasteiger partial charge in [-0.1, -0.05) is 27.2 Å². The average molecular weight is 281 g/mol. The molecule has 0 aliphatic carbocycles. The third kappa shape index (κ3) is 3.77. The number of hydrogen-bond acceptors (Lipinski definition) is 4. The second kappa shape index (κ2) is 5.90. The van der Waals surface area contributed by atoms with Crippen LogP contribution in [0, 0.1) is 0 Å². The van der Waals surface area contributed by atoms with Gasteiger partial charge in [-0.2, -0.15) is 0 Å². The molecular formula is C15H27N3S. The van der Waals surface area contributed by atoms with Crippen molar-refractivity contribution in [1.82, 2.24) is 9.88 Å². The van der Waals surface area contributed by atoms with E-state index >= 15 is 0 Å². The Hall–Kier alpha value is -0.450. The normalized spacial score (nSPS) is 23.5. The number of piperidine rings is 1. The highest BCUT2D eigenvalue weighted by molar-refractivity contribution is 7.09. The quantitative estimate of drug-likeness (QED) is 0.925. The summed E-state index contributed by atoms with van der Waals surface area (Å²) in [7, 11) is 0. The Morgan fingerprint density at radius 3 is 2.79 bits per heavy atom. The molecule has 0 aromatic carbocycles. The van der Waals surface area contributed by atoms with E-state index in [1.807, 2.05) is 0 Å². The van der Waals surface area contributed by atoms with Gasteiger partial charge in [0.1, 0.15) is 5.01 Å². The molecule has 0 bridgehead atoms. The molecule has 1 aromatic rings. The van der Waals surface area contributed by atoms with E-state index in [4.69, 9.17) is 10.7 Å². The van der Waals surface area contributed by atoms with Crippen molar-refractivity contribution in [3.8, 4) is 0 Å². The van der Waals surface area contributed by atoms with E-state index in [-0.39, 0.29) is 11.5 Å². The highest BCUT2D eigenvalue weighted by atomic mass is 32.1. The number of nitrogens with two attached hydrogens (primary N) is 1. The van der Waals surface area contributed by atoms with Crippen molar-refractivity contribution in [3.05, 3.63) is 16.1 Å². The van der Waals surface area contributed by atoms with E-state index in [1.165, 1.54) is 30.0 Å². The molecule has 2 rings (SSSR count). The van der Waals surface area contributed by atoms with Gasteiger partial charge in [0.25, 0.3) is 0 Å². The number of thiazole rings is 1. The van der Waals surface area contributed by atoms with Crippen LogP contribution < -0.4 is 5.73 Å². The van der Waals surface area contributed by atoms with Crippen LogP contribution >= 0.6 is 11.3 Å². The van der Waals surface area contributed by atoms with Crippen LogP contribution in [0.3, 0.4) is 0 Å². The lowest BCUT2D eigenvalue weighted by molar-refractivity contribution is 0.123. The molecule has 0 amide bonds. The van der Waals surface area contributed by atoms with Crippen LogP contribution in [0.5, 0.6) is 0 Å². The van der Waals surface area contributed by atoms with Crippen LogP contribution in [-0.4, -0.2) is 28.5 Å². The standard InChI is InChI=1S/C15H27N3S/c1-11(16)12-7-5-6-8-18(12)9-14-17-13(10-19-14)15(2,3)4/h10-12H,5-9,16H2,1-4H3. The van der Waals surface area contributed by atoms with Gasteiger partial charge in [0.15, 0.2) is 0 Å². The van der Waals surface area contributed by atoms with Crippen molar-refractivity contribution >= 4 is 11.3 Å². The lowest BCUT2D eigenvalue weighted by Gasteiger charge is -2.37. The van der Waals surface area contributed by atoms with Gasteiger partial charge in [0.2, 0.25) is 0 Å². The maximum atomic E-state index is 6.13. The maximum Gasteiger partial charge on any atom is 0.107 e. The summed E-state index contributed by atoms with van der Waals surface area (Å²) in [6.07, 6.45) is 3.84. The van der Waals surface area contributed by atoms with Crippen LogP contribution in [0.2, 0.25) is 0 Å². The lowest BCUT2D eigenvalue weighted by atomic mass is 9.93. The number of nitrogens with zero attached hydrogens (tertiary/aromatic N) is 2. The Bertz CT molecular complexity index is 406. The Balaban J connectivity index is 2.05. The molecule has 1 aliphatic heterocycles. The third-order valence-electron chi connectivity index (χ3n) is 3.93. The molecule has 0 radical (unpaired) electrons. The summed E-state index contributed by atoms with van der Waals surface area (Å²) in [6, 6.07) is 0.776. The molecule has 2 heterocycles. The van der Waals surface area contributed by atoms with E-state index in [0.717, 1.165) is 13.1 Å². The second-order valence-electron chi connectivity index (χ2n) is 6.77. The fraction of sp³-hybridized carbons (Fsp3) is 0.800. The third-order valence-corrected chi connectivity index (χ3v) is 4.76. The summed E-state index contributed by atoms with van der Waals surface area (Å²) >= 11 is 1.79. The summed E-state index contributed by atoms with van der Waals surface area (Å²) in [6.45, 7) is 10.9. The van der Waals surface area contributed by atoms with Gasteiger partial charge in [-0.3, -0.25) is 4.90 Å². The predicted octanol–water partition coefficient (Wildman–Crippen LogP) is 3.14. The zero-order valence-electron chi connectivity index (χ0n) is 12.6. The molecule has 1 fully saturated rings. The molecule has 0 saturated carbocycles. The summed E-state index contributed by atoms with van der Waals surface area (Å²) in [4.78, 5) is 7.33. The van der Waals surface area contributed by atoms with Crippen LogP contribution in [0.4, 0.5) is 0 Å². The van der Waals surface area contributed by atoms with Crippen molar-refractivity contribution in [1.29, 1.82) is 0 Å². The lowest BCUT2D eigenvalue weighted by Crippen LogP contribution is -2.48. The van der Waals surface area contributed by atoms with Gasteiger partial charge in [-0.05, 0) is 26.3 Å². The molecule has 3 nitrogen and oxygen atoms in total. The van der Waals surface area contributed by atoms with Gasteiger partial charge in [0, 0.05) is 22.9 Å². The van der Waals surface area contributed by atoms with Crippen molar-refractivity contribution in [2.45, 2.75) is 71.0 Å². The minimum atomic E-state index is 0.150. The second-order valence-corrected chi connectivity index (χ2v) is 7.71. The minimum absolute atomic E-state index is 0.150. The van der Waals surface area contributed by atoms with Gasteiger partial charge < -0.3 is 5.73 Å². The smallest absolute Gasteiger partial charge is 0.107 e. The monoisotopic (exact) mass is 281 g/mol. The molecule has 108 valence electrons. The van der Waals surface area contributed by atoms with Crippen LogP contribution in [0.25, 0.3) is 0 Å². The molecule has 1 aliphatic rings. The Kier molecular flexibility index (Phi) is 4.64. The van der Waals surface area contributed by atoms with E-state index in [2.05, 4.69) is 38.0 Å². The van der Waals surface area contributed by atoms with Crippen molar-refractivity contribution in [3.63, 3.8) is 0 Å². The number of likely N-dealkylation sites (tertiary alicyclic amines) is 1. The summed E-state index contributed by atoms with van der Waals surface area (Å²) in [5.74, 6) is 0. The van der Waals surface area contributed by atoms with Crippen molar-refractivity contribution < 1.29 is 0 Å². The van der Waals surface area contributed by atoms with E-state index in [9.17, 15) is 0 Å². The van der Waals surface area contributed by atoms with Gasteiger partial charge in [0.05, 0.1) is 12.2 Å². The first kappa shape index (κ1) is 14.9. The summed E-state index contributed by atoms with van der Waals surface area (Å²) < 4.78 is 0. The molecule has 1 aromatic heterocycles. The molecule has 2 atom stereocenters. The Morgan fingerprint density at radius 1 is 1.47 bits per heavy atom. The fourth-order valence-electron chi connectivity index (χ4n) is 2.71. The van der Waals surface area contributed by atoms with Crippen molar-refractivity contribution in [2.24, 2.45) is 5.73 Å². The fourth-order valence-corrected chi connectivity index (χ4v) is 3.76.